The van der Waals surface area contributed by atoms with Gasteiger partial charge in [-0.15, -0.1) is 0 Å². The van der Waals surface area contributed by atoms with Crippen LogP contribution >= 0.6 is 0 Å². The van der Waals surface area contributed by atoms with Gasteiger partial charge in [0.15, 0.2) is 0 Å². The largest absolute Gasteiger partial charge is 0.550 e. The molecule has 0 aromatic carbocycles. The van der Waals surface area contributed by atoms with Gasteiger partial charge in [-0.25, -0.2) is 0 Å². The van der Waals surface area contributed by atoms with Crippen molar-refractivity contribution >= 4 is 5.97 Å². The quantitative estimate of drug-likeness (QED) is 0.383. The zero-order valence-electron chi connectivity index (χ0n) is 3.32. The van der Waals surface area contributed by atoms with Gasteiger partial charge < -0.3 is 16.1 Å². The van der Waals surface area contributed by atoms with Crippen molar-refractivity contribution in [1.29, 1.82) is 0 Å². The van der Waals surface area contributed by atoms with Gasteiger partial charge in [0.1, 0.15) is 0 Å². The number of hydrogen-bond acceptors (Lipinski definition) is 2. The summed E-state index contributed by atoms with van der Waals surface area (Å²) in [6, 6.07) is 0. The van der Waals surface area contributed by atoms with Crippen LogP contribution in [0, 0.1) is 0 Å². The summed E-state index contributed by atoms with van der Waals surface area (Å²) in [5.41, 5.74) is 0. The van der Waals surface area contributed by atoms with E-state index in [0.29, 0.717) is 0 Å². The molecule has 0 atom stereocenters. The third-order valence-electron chi connectivity index (χ3n) is 0. The molecule has 0 radical (unpaired) electrons. The van der Waals surface area contributed by atoms with Gasteiger partial charge in [-0.2, -0.15) is 0 Å². The van der Waals surface area contributed by atoms with Crippen molar-refractivity contribution in [2.75, 3.05) is 0 Å². The number of aliphatic carboxylic acids is 1. The highest BCUT2D eigenvalue weighted by Crippen LogP contribution is 1.31. The standard InChI is InChI=1S/C2H4O2.H3N/c1-2(3)4;/h1H3,(H,3,4);1H3/i1+1,2+1;. The maximum absolute atomic E-state index is 8.89. The Bertz CT molecular complexity index is 30.6. The van der Waals surface area contributed by atoms with Crippen molar-refractivity contribution < 1.29 is 9.90 Å². The average molecular weight is 79.1 g/mol. The molecule has 0 aliphatic rings. The second-order valence-electron chi connectivity index (χ2n) is 0.492. The minimum Gasteiger partial charge on any atom is -0.550 e. The molecule has 0 saturated heterocycles. The molecule has 0 aromatic heterocycles. The van der Waals surface area contributed by atoms with Crippen LogP contribution in [0.25, 0.3) is 0 Å². The molecule has 32 valence electrons. The smallest absolute Gasteiger partial charge is 0.0383 e. The summed E-state index contributed by atoms with van der Waals surface area (Å²) in [7, 11) is 0. The molecule has 5 heavy (non-hydrogen) atoms. The second kappa shape index (κ2) is 3.43. The number of carboxylic acid groups (broad SMARTS) is 1. The van der Waals surface area contributed by atoms with Crippen LogP contribution in [0.5, 0.6) is 0 Å². The van der Waals surface area contributed by atoms with Gasteiger partial charge in [-0.3, -0.25) is 0 Å². The molecule has 0 aromatic rings. The van der Waals surface area contributed by atoms with E-state index in [2.05, 4.69) is 0 Å². The lowest BCUT2D eigenvalue weighted by atomic mass is 11.8. The van der Waals surface area contributed by atoms with Crippen molar-refractivity contribution in [3.8, 4) is 0 Å². The van der Waals surface area contributed by atoms with E-state index in [1.807, 2.05) is 0 Å². The molecule has 0 spiro atoms. The molecule has 0 saturated carbocycles. The van der Waals surface area contributed by atoms with Crippen LogP contribution in [-0.4, -0.2) is 5.97 Å². The first kappa shape index (κ1) is 8.83. The van der Waals surface area contributed by atoms with Gasteiger partial charge in [0.05, 0.1) is 0 Å². The fraction of sp³-hybridized carbons (Fsp3) is 0.500. The van der Waals surface area contributed by atoms with Crippen molar-refractivity contribution in [2.45, 2.75) is 6.92 Å². The highest BCUT2D eigenvalue weighted by atomic mass is 16.5. The Labute approximate surface area is 30.2 Å². The molecule has 0 heterocycles. The third-order valence-corrected chi connectivity index (χ3v) is 0. The minimum atomic E-state index is -1.08. The lowest BCUT2D eigenvalue weighted by Crippen LogP contribution is -2.16. The van der Waals surface area contributed by atoms with E-state index in [4.69, 9.17) is 9.90 Å². The summed E-state index contributed by atoms with van der Waals surface area (Å²) in [5.74, 6) is -1.08. The van der Waals surface area contributed by atoms with Gasteiger partial charge in [0.2, 0.25) is 0 Å². The molecule has 3 heteroatoms. The van der Waals surface area contributed by atoms with Crippen LogP contribution in [0.1, 0.15) is 6.92 Å². The first-order chi connectivity index (χ1) is 1.73. The van der Waals surface area contributed by atoms with Crippen LogP contribution in [0.2, 0.25) is 0 Å². The van der Waals surface area contributed by atoms with Gasteiger partial charge in [0, 0.05) is 5.97 Å². The molecule has 0 amide bonds. The first-order valence-corrected chi connectivity index (χ1v) is 0.908. The summed E-state index contributed by atoms with van der Waals surface area (Å²) in [6.45, 7) is 0.972. The van der Waals surface area contributed by atoms with Crippen LogP contribution in [-0.2, 0) is 4.79 Å². The van der Waals surface area contributed by atoms with Gasteiger partial charge in [-0.1, -0.05) is 0 Å². The van der Waals surface area contributed by atoms with E-state index >= 15 is 0 Å². The normalized spacial score (nSPS) is 5.00. The minimum absolute atomic E-state index is 0. The summed E-state index contributed by atoms with van der Waals surface area (Å²) in [5, 5.41) is 8.89. The zero-order valence-corrected chi connectivity index (χ0v) is 3.32. The molecule has 0 aliphatic heterocycles. The lowest BCUT2D eigenvalue weighted by molar-refractivity contribution is -0.302. The number of carboxylic acids is 1. The molecular weight excluding hydrogens is 72.0 g/mol. The maximum atomic E-state index is 8.89. The average Bonchev–Trinajstić information content (AvgIpc) is 0.811. The van der Waals surface area contributed by atoms with Crippen molar-refractivity contribution in [3.63, 3.8) is 0 Å². The molecule has 0 fully saturated rings. The Hall–Kier alpha value is -0.570. The van der Waals surface area contributed by atoms with Gasteiger partial charge in [0.25, 0.3) is 0 Å². The van der Waals surface area contributed by atoms with E-state index in [1.54, 1.807) is 0 Å². The molecule has 4 N–H and O–H groups in total. The molecule has 0 bridgehead atoms. The Morgan fingerprint density at radius 1 is 1.80 bits per heavy atom. The topological polar surface area (TPSA) is 76.6 Å². The van der Waals surface area contributed by atoms with E-state index in [0.717, 1.165) is 6.92 Å². The number of quaternary nitrogens is 1. The lowest BCUT2D eigenvalue weighted by Gasteiger charge is -1.77. The summed E-state index contributed by atoms with van der Waals surface area (Å²) < 4.78 is 0. The summed E-state index contributed by atoms with van der Waals surface area (Å²) in [6.07, 6.45) is 0. The van der Waals surface area contributed by atoms with E-state index in [9.17, 15) is 0 Å². The van der Waals surface area contributed by atoms with E-state index < -0.39 is 5.97 Å². The molecule has 0 aliphatic carbocycles. The fourth-order valence-corrected chi connectivity index (χ4v) is 0. The predicted octanol–water partition coefficient (Wildman–Crippen LogP) is -0.868. The number of hydrogen-bond donors (Lipinski definition) is 1. The Balaban J connectivity index is 0. The van der Waals surface area contributed by atoms with Crippen molar-refractivity contribution in [3.05, 3.63) is 0 Å². The Morgan fingerprint density at radius 3 is 1.80 bits per heavy atom. The molecule has 0 unspecified atom stereocenters. The zero-order chi connectivity index (χ0) is 3.58. The maximum Gasteiger partial charge on any atom is 0.0383 e. The second-order valence-corrected chi connectivity index (χ2v) is 0.492. The number of carbonyl (C=O) groups excluding carboxylic acids is 1. The SMILES string of the molecule is [13CH3][13C](=O)[O-].[NH4+]. The predicted molar refractivity (Wildman–Crippen MR) is 16.7 cm³/mol. The summed E-state index contributed by atoms with van der Waals surface area (Å²) >= 11 is 0. The van der Waals surface area contributed by atoms with Crippen molar-refractivity contribution in [2.24, 2.45) is 0 Å². The van der Waals surface area contributed by atoms with E-state index in [1.165, 1.54) is 0 Å². The highest BCUT2D eigenvalue weighted by Gasteiger charge is 1.46. The van der Waals surface area contributed by atoms with E-state index in [-0.39, 0.29) is 6.15 Å². The number of carbonyl (C=O) groups is 1. The highest BCUT2D eigenvalue weighted by molar-refractivity contribution is 5.60. The van der Waals surface area contributed by atoms with Gasteiger partial charge in [-0.05, 0) is 6.92 Å². The summed E-state index contributed by atoms with van der Waals surface area (Å²) in [4.78, 5) is 8.89. The molecule has 3 nitrogen and oxygen atoms in total. The Morgan fingerprint density at radius 2 is 1.80 bits per heavy atom. The fourth-order valence-electron chi connectivity index (χ4n) is 0. The van der Waals surface area contributed by atoms with Crippen LogP contribution in [0.3, 0.4) is 0 Å². The third kappa shape index (κ3) is 21.6. The van der Waals surface area contributed by atoms with Crippen molar-refractivity contribution in [1.82, 2.24) is 6.15 Å². The van der Waals surface area contributed by atoms with Gasteiger partial charge >= 0.3 is 0 Å². The molecule has 0 rings (SSSR count). The monoisotopic (exact) mass is 79.1 g/mol. The Kier molecular flexibility index (Phi) is 6.05. The number of rotatable bonds is 0. The first-order valence-electron chi connectivity index (χ1n) is 0.908. The van der Waals surface area contributed by atoms with Crippen LogP contribution < -0.4 is 11.3 Å². The molecular formula is C2H7NO2. The van der Waals surface area contributed by atoms with Crippen LogP contribution in [0.4, 0.5) is 0 Å². The van der Waals surface area contributed by atoms with Crippen LogP contribution in [0.15, 0.2) is 0 Å².